The van der Waals surface area contributed by atoms with Crippen molar-refractivity contribution in [3.63, 3.8) is 0 Å². The standard InChI is InChI=1S/C17H27N5OS/c1-13-12-15(22-8-10-23-11-9-22)20-16(18-13)21-17(24)19-14-6-4-2-3-5-7-14/h12,14H,2-11H2,1H3,(H2,18,19,20,21,24). The minimum atomic E-state index is 0.469. The van der Waals surface area contributed by atoms with Crippen LogP contribution in [0.4, 0.5) is 11.8 Å². The van der Waals surface area contributed by atoms with Crippen LogP contribution in [0.1, 0.15) is 44.2 Å². The first-order chi connectivity index (χ1) is 11.7. The Balaban J connectivity index is 1.61. The Morgan fingerprint density at radius 3 is 2.58 bits per heavy atom. The maximum atomic E-state index is 5.47. The number of rotatable bonds is 3. The Bertz CT molecular complexity index is 554. The van der Waals surface area contributed by atoms with E-state index in [2.05, 4.69) is 25.5 Å². The molecule has 1 aliphatic carbocycles. The molecule has 2 aliphatic rings. The molecular formula is C17H27N5OS. The second-order valence-corrected chi connectivity index (χ2v) is 6.99. The van der Waals surface area contributed by atoms with Gasteiger partial charge in [0.2, 0.25) is 5.95 Å². The van der Waals surface area contributed by atoms with Gasteiger partial charge in [0.05, 0.1) is 13.2 Å². The van der Waals surface area contributed by atoms with Gasteiger partial charge in [0, 0.05) is 30.9 Å². The molecule has 0 aromatic carbocycles. The third kappa shape index (κ3) is 5.01. The van der Waals surface area contributed by atoms with Gasteiger partial charge in [0.15, 0.2) is 5.11 Å². The van der Waals surface area contributed by atoms with E-state index in [1.165, 1.54) is 38.5 Å². The summed E-state index contributed by atoms with van der Waals surface area (Å²) in [5.74, 6) is 1.51. The molecule has 0 amide bonds. The van der Waals surface area contributed by atoms with E-state index in [9.17, 15) is 0 Å². The summed E-state index contributed by atoms with van der Waals surface area (Å²) in [5, 5.41) is 7.23. The summed E-state index contributed by atoms with van der Waals surface area (Å²) in [7, 11) is 0. The highest BCUT2D eigenvalue weighted by Crippen LogP contribution is 2.18. The first-order valence-electron chi connectivity index (χ1n) is 8.96. The first kappa shape index (κ1) is 17.4. The van der Waals surface area contributed by atoms with Crippen LogP contribution in [-0.4, -0.2) is 47.4 Å². The van der Waals surface area contributed by atoms with Crippen molar-refractivity contribution in [3.8, 4) is 0 Å². The summed E-state index contributed by atoms with van der Waals surface area (Å²) < 4.78 is 5.41. The van der Waals surface area contributed by atoms with E-state index >= 15 is 0 Å². The zero-order valence-corrected chi connectivity index (χ0v) is 15.2. The molecule has 1 aromatic heterocycles. The smallest absolute Gasteiger partial charge is 0.231 e. The number of thiocarbonyl (C=S) groups is 1. The highest BCUT2D eigenvalue weighted by molar-refractivity contribution is 7.80. The van der Waals surface area contributed by atoms with Gasteiger partial charge in [-0.2, -0.15) is 4.98 Å². The monoisotopic (exact) mass is 349 g/mol. The summed E-state index contributed by atoms with van der Waals surface area (Å²) in [6.45, 7) is 5.20. The zero-order chi connectivity index (χ0) is 16.8. The van der Waals surface area contributed by atoms with Crippen molar-refractivity contribution in [3.05, 3.63) is 11.8 Å². The average molecular weight is 350 g/mol. The Morgan fingerprint density at radius 2 is 1.88 bits per heavy atom. The highest BCUT2D eigenvalue weighted by atomic mass is 32.1. The van der Waals surface area contributed by atoms with Crippen molar-refractivity contribution >= 4 is 29.1 Å². The van der Waals surface area contributed by atoms with E-state index in [0.29, 0.717) is 17.1 Å². The van der Waals surface area contributed by atoms with Gasteiger partial charge >= 0.3 is 0 Å². The summed E-state index contributed by atoms with van der Waals surface area (Å²) in [5.41, 5.74) is 0.936. The van der Waals surface area contributed by atoms with Gasteiger partial charge in [-0.1, -0.05) is 25.7 Å². The molecule has 3 rings (SSSR count). The third-order valence-electron chi connectivity index (χ3n) is 4.59. The second-order valence-electron chi connectivity index (χ2n) is 6.58. The van der Waals surface area contributed by atoms with Gasteiger partial charge in [-0.15, -0.1) is 0 Å². The van der Waals surface area contributed by atoms with E-state index in [1.54, 1.807) is 0 Å². The van der Waals surface area contributed by atoms with Crippen LogP contribution in [0.5, 0.6) is 0 Å². The number of hydrogen-bond donors (Lipinski definition) is 2. The Kier molecular flexibility index (Phi) is 6.20. The van der Waals surface area contributed by atoms with E-state index in [-0.39, 0.29) is 0 Å². The Hall–Kier alpha value is -1.47. The molecule has 2 heterocycles. The molecule has 1 saturated heterocycles. The van der Waals surface area contributed by atoms with Gasteiger partial charge in [0.1, 0.15) is 5.82 Å². The molecule has 132 valence electrons. The minimum Gasteiger partial charge on any atom is -0.378 e. The Morgan fingerprint density at radius 1 is 1.17 bits per heavy atom. The fourth-order valence-corrected chi connectivity index (χ4v) is 3.57. The summed E-state index contributed by atoms with van der Waals surface area (Å²) in [4.78, 5) is 11.3. The molecular weight excluding hydrogens is 322 g/mol. The Labute approximate surface area is 149 Å². The van der Waals surface area contributed by atoms with Crippen LogP contribution in [-0.2, 0) is 4.74 Å². The maximum Gasteiger partial charge on any atom is 0.231 e. The topological polar surface area (TPSA) is 62.3 Å². The van der Waals surface area contributed by atoms with Gasteiger partial charge in [-0.3, -0.25) is 0 Å². The van der Waals surface area contributed by atoms with E-state index in [4.69, 9.17) is 17.0 Å². The van der Waals surface area contributed by atoms with E-state index < -0.39 is 0 Å². The SMILES string of the molecule is Cc1cc(N2CCOCC2)nc(NC(=S)NC2CCCCCC2)n1. The molecule has 0 unspecified atom stereocenters. The van der Waals surface area contributed by atoms with Crippen LogP contribution in [0.2, 0.25) is 0 Å². The number of nitrogens with zero attached hydrogens (tertiary/aromatic N) is 3. The molecule has 2 N–H and O–H groups in total. The maximum absolute atomic E-state index is 5.47. The van der Waals surface area contributed by atoms with E-state index in [0.717, 1.165) is 37.8 Å². The summed E-state index contributed by atoms with van der Waals surface area (Å²) in [6.07, 6.45) is 7.61. The van der Waals surface area contributed by atoms with Crippen LogP contribution < -0.4 is 15.5 Å². The lowest BCUT2D eigenvalue weighted by Crippen LogP contribution is -2.38. The number of anilines is 2. The largest absolute Gasteiger partial charge is 0.378 e. The number of aromatic nitrogens is 2. The molecule has 24 heavy (non-hydrogen) atoms. The molecule has 1 aromatic rings. The molecule has 0 atom stereocenters. The fraction of sp³-hybridized carbons (Fsp3) is 0.706. The number of aryl methyl sites for hydroxylation is 1. The first-order valence-corrected chi connectivity index (χ1v) is 9.37. The molecule has 6 nitrogen and oxygen atoms in total. The predicted molar refractivity (Wildman–Crippen MR) is 101 cm³/mol. The summed E-state index contributed by atoms with van der Waals surface area (Å²) >= 11 is 5.47. The van der Waals surface area contributed by atoms with Crippen molar-refractivity contribution in [1.82, 2.24) is 15.3 Å². The molecule has 1 aliphatic heterocycles. The van der Waals surface area contributed by atoms with Gasteiger partial charge in [0.25, 0.3) is 0 Å². The van der Waals surface area contributed by atoms with Crippen molar-refractivity contribution < 1.29 is 4.74 Å². The van der Waals surface area contributed by atoms with Crippen LogP contribution >= 0.6 is 12.2 Å². The molecule has 0 spiro atoms. The van der Waals surface area contributed by atoms with Crippen LogP contribution in [0, 0.1) is 6.92 Å². The van der Waals surface area contributed by atoms with Crippen molar-refractivity contribution in [2.75, 3.05) is 36.5 Å². The van der Waals surface area contributed by atoms with Crippen LogP contribution in [0.15, 0.2) is 6.07 Å². The highest BCUT2D eigenvalue weighted by Gasteiger charge is 2.16. The average Bonchev–Trinajstić information content (AvgIpc) is 2.83. The molecule has 2 fully saturated rings. The van der Waals surface area contributed by atoms with Gasteiger partial charge in [-0.25, -0.2) is 4.98 Å². The number of ether oxygens (including phenoxy) is 1. The quantitative estimate of drug-likeness (QED) is 0.642. The predicted octanol–water partition coefficient (Wildman–Crippen LogP) is 2.63. The third-order valence-corrected chi connectivity index (χ3v) is 4.81. The zero-order valence-electron chi connectivity index (χ0n) is 14.4. The normalized spacial score (nSPS) is 19.6. The van der Waals surface area contributed by atoms with Crippen molar-refractivity contribution in [1.29, 1.82) is 0 Å². The molecule has 7 heteroatoms. The number of hydrogen-bond acceptors (Lipinski definition) is 5. The molecule has 1 saturated carbocycles. The van der Waals surface area contributed by atoms with Gasteiger partial charge in [-0.05, 0) is 32.0 Å². The second kappa shape index (κ2) is 8.58. The molecule has 0 bridgehead atoms. The number of nitrogens with one attached hydrogen (secondary N) is 2. The van der Waals surface area contributed by atoms with Crippen molar-refractivity contribution in [2.24, 2.45) is 0 Å². The lowest BCUT2D eigenvalue weighted by Gasteiger charge is -2.28. The lowest BCUT2D eigenvalue weighted by atomic mass is 10.1. The fourth-order valence-electron chi connectivity index (χ4n) is 3.31. The lowest BCUT2D eigenvalue weighted by molar-refractivity contribution is 0.122. The summed E-state index contributed by atoms with van der Waals surface area (Å²) in [6, 6.07) is 2.48. The van der Waals surface area contributed by atoms with Crippen molar-refractivity contribution in [2.45, 2.75) is 51.5 Å². The molecule has 0 radical (unpaired) electrons. The minimum absolute atomic E-state index is 0.469. The number of morpholine rings is 1. The van der Waals surface area contributed by atoms with Crippen LogP contribution in [0.25, 0.3) is 0 Å². The van der Waals surface area contributed by atoms with Gasteiger partial charge < -0.3 is 20.3 Å². The van der Waals surface area contributed by atoms with E-state index in [1.807, 2.05) is 13.0 Å². The van der Waals surface area contributed by atoms with Crippen LogP contribution in [0.3, 0.4) is 0 Å².